The van der Waals surface area contributed by atoms with Crippen LogP contribution in [-0.4, -0.2) is 21.8 Å². The van der Waals surface area contributed by atoms with Gasteiger partial charge < -0.3 is 5.32 Å². The van der Waals surface area contributed by atoms with Crippen LogP contribution >= 0.6 is 11.8 Å². The molecule has 5 heteroatoms. The minimum absolute atomic E-state index is 0.104. The van der Waals surface area contributed by atoms with E-state index in [0.29, 0.717) is 0 Å². The number of rotatable bonds is 0. The van der Waals surface area contributed by atoms with E-state index in [4.69, 9.17) is 0 Å². The number of hydrogen-bond donors (Lipinski definition) is 1. The van der Waals surface area contributed by atoms with E-state index >= 15 is 0 Å². The Kier molecular flexibility index (Phi) is 1.44. The van der Waals surface area contributed by atoms with Crippen molar-refractivity contribution in [3.05, 3.63) is 16.0 Å². The second-order valence-corrected chi connectivity index (χ2v) is 4.29. The molecule has 3 heterocycles. The Bertz CT molecular complexity index is 426. The first-order chi connectivity index (χ1) is 6.36. The van der Waals surface area contributed by atoms with Crippen LogP contribution in [0.15, 0.2) is 9.82 Å². The highest BCUT2D eigenvalue weighted by Crippen LogP contribution is 2.32. The van der Waals surface area contributed by atoms with Crippen LogP contribution in [0.1, 0.15) is 5.56 Å². The average molecular weight is 195 g/mol. The van der Waals surface area contributed by atoms with Crippen LogP contribution in [0, 0.1) is 0 Å². The predicted octanol–water partition coefficient (Wildman–Crippen LogP) is 0.317. The van der Waals surface area contributed by atoms with Gasteiger partial charge in [-0.25, -0.2) is 4.79 Å². The van der Waals surface area contributed by atoms with E-state index in [1.807, 2.05) is 0 Å². The Labute approximate surface area is 79.4 Å². The van der Waals surface area contributed by atoms with Crippen molar-refractivity contribution in [2.75, 3.05) is 17.6 Å². The van der Waals surface area contributed by atoms with Gasteiger partial charge >= 0.3 is 5.69 Å². The number of fused-ring (bicyclic) bond motifs is 3. The van der Waals surface area contributed by atoms with E-state index in [0.717, 1.165) is 36.1 Å². The summed E-state index contributed by atoms with van der Waals surface area (Å²) in [6.45, 7) is 1.73. The molecule has 0 radical (unpaired) electrons. The molecule has 0 saturated carbocycles. The van der Waals surface area contributed by atoms with Crippen molar-refractivity contribution in [2.24, 2.45) is 0 Å². The molecule has 1 aromatic rings. The van der Waals surface area contributed by atoms with Gasteiger partial charge in [0.1, 0.15) is 5.82 Å². The van der Waals surface area contributed by atoms with Crippen molar-refractivity contribution < 1.29 is 0 Å². The lowest BCUT2D eigenvalue weighted by Gasteiger charge is -2.05. The van der Waals surface area contributed by atoms with Gasteiger partial charge in [0, 0.05) is 24.4 Å². The fourth-order valence-electron chi connectivity index (χ4n) is 1.85. The van der Waals surface area contributed by atoms with Crippen LogP contribution in [0.5, 0.6) is 0 Å². The van der Waals surface area contributed by atoms with Gasteiger partial charge in [-0.2, -0.15) is 4.98 Å². The normalized spacial score (nSPS) is 18.2. The highest BCUT2D eigenvalue weighted by molar-refractivity contribution is 7.99. The fourth-order valence-corrected chi connectivity index (χ4v) is 3.01. The van der Waals surface area contributed by atoms with E-state index in [1.165, 1.54) is 5.56 Å². The van der Waals surface area contributed by atoms with E-state index in [9.17, 15) is 4.79 Å². The fraction of sp³-hybridized carbons (Fsp3) is 0.500. The van der Waals surface area contributed by atoms with Gasteiger partial charge in [-0.3, -0.25) is 4.57 Å². The molecule has 2 aliphatic rings. The zero-order valence-corrected chi connectivity index (χ0v) is 7.86. The maximum atomic E-state index is 11.5. The van der Waals surface area contributed by atoms with Crippen molar-refractivity contribution in [3.8, 4) is 0 Å². The van der Waals surface area contributed by atoms with Crippen molar-refractivity contribution in [2.45, 2.75) is 18.0 Å². The Balaban J connectivity index is 2.34. The maximum Gasteiger partial charge on any atom is 0.350 e. The van der Waals surface area contributed by atoms with Crippen LogP contribution in [-0.2, 0) is 13.0 Å². The second-order valence-electron chi connectivity index (χ2n) is 3.20. The number of aromatic nitrogens is 2. The van der Waals surface area contributed by atoms with Crippen molar-refractivity contribution in [3.63, 3.8) is 0 Å². The van der Waals surface area contributed by atoms with Gasteiger partial charge in [0.25, 0.3) is 0 Å². The average Bonchev–Trinajstić information content (AvgIpc) is 2.66. The molecule has 1 N–H and O–H groups in total. The topological polar surface area (TPSA) is 46.9 Å². The summed E-state index contributed by atoms with van der Waals surface area (Å²) in [5.41, 5.74) is 1.13. The molecule has 2 aliphatic heterocycles. The first kappa shape index (κ1) is 7.44. The summed E-state index contributed by atoms with van der Waals surface area (Å²) in [5, 5.41) is 4.27. The molecule has 0 saturated heterocycles. The van der Waals surface area contributed by atoms with Gasteiger partial charge in [-0.15, -0.1) is 11.8 Å². The number of nitrogens with zero attached hydrogens (tertiary/aromatic N) is 2. The molecule has 4 nitrogen and oxygen atoms in total. The molecular weight excluding hydrogens is 186 g/mol. The quantitative estimate of drug-likeness (QED) is 0.605. The van der Waals surface area contributed by atoms with Gasteiger partial charge in [-0.1, -0.05) is 0 Å². The van der Waals surface area contributed by atoms with Gasteiger partial charge in [-0.05, 0) is 6.42 Å². The molecule has 0 amide bonds. The predicted molar refractivity (Wildman–Crippen MR) is 51.4 cm³/mol. The summed E-state index contributed by atoms with van der Waals surface area (Å²) in [4.78, 5) is 15.5. The Morgan fingerprint density at radius 2 is 2.46 bits per heavy atom. The standard InChI is InChI=1S/C8H9N3OS/c12-8-10-6-5(1-2-9-6)7-11(8)3-4-13-7/h1-4H2,(H,9,10,12). The van der Waals surface area contributed by atoms with Crippen LogP contribution < -0.4 is 11.0 Å². The van der Waals surface area contributed by atoms with Crippen LogP contribution in [0.3, 0.4) is 0 Å². The summed E-state index contributed by atoms with van der Waals surface area (Å²) in [6, 6.07) is 0. The molecule has 0 unspecified atom stereocenters. The molecule has 0 aromatic carbocycles. The molecule has 13 heavy (non-hydrogen) atoms. The summed E-state index contributed by atoms with van der Waals surface area (Å²) in [6.07, 6.45) is 1.00. The third kappa shape index (κ3) is 0.934. The van der Waals surface area contributed by atoms with Crippen molar-refractivity contribution in [1.82, 2.24) is 9.55 Å². The van der Waals surface area contributed by atoms with Gasteiger partial charge in [0.15, 0.2) is 0 Å². The smallest absolute Gasteiger partial charge is 0.350 e. The highest BCUT2D eigenvalue weighted by atomic mass is 32.2. The van der Waals surface area contributed by atoms with Crippen molar-refractivity contribution >= 4 is 17.6 Å². The minimum Gasteiger partial charge on any atom is -0.369 e. The minimum atomic E-state index is -0.104. The van der Waals surface area contributed by atoms with Crippen LogP contribution in [0.25, 0.3) is 0 Å². The lowest BCUT2D eigenvalue weighted by atomic mass is 10.3. The summed E-state index contributed by atoms with van der Waals surface area (Å²) in [5.74, 6) is 1.82. The van der Waals surface area contributed by atoms with E-state index < -0.39 is 0 Å². The van der Waals surface area contributed by atoms with E-state index in [1.54, 1.807) is 16.3 Å². The Hall–Kier alpha value is -0.970. The second kappa shape index (κ2) is 2.51. The third-order valence-electron chi connectivity index (χ3n) is 2.45. The molecule has 1 aromatic heterocycles. The lowest BCUT2D eigenvalue weighted by Crippen LogP contribution is -2.23. The molecule has 0 atom stereocenters. The number of thioether (sulfide) groups is 1. The van der Waals surface area contributed by atoms with Crippen LogP contribution in [0.4, 0.5) is 5.82 Å². The monoisotopic (exact) mass is 195 g/mol. The Morgan fingerprint density at radius 3 is 3.38 bits per heavy atom. The van der Waals surface area contributed by atoms with Crippen LogP contribution in [0.2, 0.25) is 0 Å². The highest BCUT2D eigenvalue weighted by Gasteiger charge is 2.23. The Morgan fingerprint density at radius 1 is 1.54 bits per heavy atom. The van der Waals surface area contributed by atoms with Gasteiger partial charge in [0.2, 0.25) is 0 Å². The molecule has 3 rings (SSSR count). The first-order valence-electron chi connectivity index (χ1n) is 4.36. The van der Waals surface area contributed by atoms with Crippen molar-refractivity contribution in [1.29, 1.82) is 0 Å². The molecule has 0 aliphatic carbocycles. The zero-order chi connectivity index (χ0) is 8.84. The third-order valence-corrected chi connectivity index (χ3v) is 3.58. The number of nitrogens with one attached hydrogen (secondary N) is 1. The molecular formula is C8H9N3OS. The summed E-state index contributed by atoms with van der Waals surface area (Å²) < 4.78 is 1.79. The maximum absolute atomic E-state index is 11.5. The van der Waals surface area contributed by atoms with E-state index in [-0.39, 0.29) is 5.69 Å². The number of hydrogen-bond acceptors (Lipinski definition) is 4. The lowest BCUT2D eigenvalue weighted by molar-refractivity contribution is 0.658. The molecule has 0 bridgehead atoms. The summed E-state index contributed by atoms with van der Waals surface area (Å²) in [7, 11) is 0. The van der Waals surface area contributed by atoms with Gasteiger partial charge in [0.05, 0.1) is 5.03 Å². The summed E-state index contributed by atoms with van der Waals surface area (Å²) >= 11 is 1.77. The molecule has 0 fully saturated rings. The zero-order valence-electron chi connectivity index (χ0n) is 7.04. The SMILES string of the molecule is O=c1nc2c(c3n1CCS3)CCN2. The largest absolute Gasteiger partial charge is 0.369 e. The first-order valence-corrected chi connectivity index (χ1v) is 5.35. The molecule has 0 spiro atoms. The number of anilines is 1. The van der Waals surface area contributed by atoms with E-state index in [2.05, 4.69) is 10.3 Å². The molecule has 68 valence electrons.